The van der Waals surface area contributed by atoms with Crippen LogP contribution in [-0.4, -0.2) is 56.3 Å². The monoisotopic (exact) mass is 353 g/mol. The molecule has 2 aromatic heterocycles. The Morgan fingerprint density at radius 2 is 2.19 bits per heavy atom. The number of fused-ring (bicyclic) bond motifs is 1. The highest BCUT2D eigenvalue weighted by atomic mass is 16.2. The minimum atomic E-state index is 0.318. The summed E-state index contributed by atoms with van der Waals surface area (Å²) in [4.78, 5) is 29.2. The van der Waals surface area contributed by atoms with Crippen molar-refractivity contribution in [3.63, 3.8) is 0 Å². The smallest absolute Gasteiger partial charge is 0.222 e. The SMILES string of the molecule is Cc1[nH]cnc1CN1CC[C@@H]2[C@@H](CCC(=O)N2CCc2ccccn2)C1. The van der Waals surface area contributed by atoms with Gasteiger partial charge in [-0.25, -0.2) is 4.98 Å². The molecule has 0 spiro atoms. The van der Waals surface area contributed by atoms with E-state index in [1.54, 1.807) is 6.33 Å². The van der Waals surface area contributed by atoms with Crippen LogP contribution in [0.25, 0.3) is 0 Å². The molecule has 0 unspecified atom stereocenters. The van der Waals surface area contributed by atoms with Crippen molar-refractivity contribution in [2.45, 2.75) is 45.2 Å². The van der Waals surface area contributed by atoms with Gasteiger partial charge in [-0.1, -0.05) is 6.07 Å². The second-order valence-corrected chi connectivity index (χ2v) is 7.52. The first-order chi connectivity index (χ1) is 12.7. The number of piperidine rings is 2. The van der Waals surface area contributed by atoms with E-state index < -0.39 is 0 Å². The molecule has 0 radical (unpaired) electrons. The van der Waals surface area contributed by atoms with E-state index in [1.165, 1.54) is 0 Å². The van der Waals surface area contributed by atoms with Crippen LogP contribution in [0.3, 0.4) is 0 Å². The van der Waals surface area contributed by atoms with E-state index in [-0.39, 0.29) is 0 Å². The van der Waals surface area contributed by atoms with Gasteiger partial charge in [-0.05, 0) is 37.8 Å². The predicted octanol–water partition coefficient (Wildman–Crippen LogP) is 2.17. The summed E-state index contributed by atoms with van der Waals surface area (Å²) in [5, 5.41) is 0. The average molecular weight is 353 g/mol. The van der Waals surface area contributed by atoms with Gasteiger partial charge in [0.1, 0.15) is 0 Å². The number of H-pyrrole nitrogens is 1. The molecular weight excluding hydrogens is 326 g/mol. The van der Waals surface area contributed by atoms with E-state index in [0.717, 1.165) is 62.5 Å². The van der Waals surface area contributed by atoms with E-state index in [1.807, 2.05) is 24.4 Å². The fourth-order valence-corrected chi connectivity index (χ4v) is 4.40. The van der Waals surface area contributed by atoms with E-state index in [4.69, 9.17) is 0 Å². The lowest BCUT2D eigenvalue weighted by Crippen LogP contribution is -2.56. The number of aromatic amines is 1. The normalized spacial score (nSPS) is 23.9. The molecule has 0 bridgehead atoms. The van der Waals surface area contributed by atoms with Gasteiger partial charge >= 0.3 is 0 Å². The molecule has 2 atom stereocenters. The number of nitrogens with one attached hydrogen (secondary N) is 1. The van der Waals surface area contributed by atoms with Crippen molar-refractivity contribution < 1.29 is 4.79 Å². The molecule has 2 fully saturated rings. The Hall–Kier alpha value is -2.21. The van der Waals surface area contributed by atoms with Crippen LogP contribution >= 0.6 is 0 Å². The van der Waals surface area contributed by atoms with Gasteiger partial charge in [0.25, 0.3) is 0 Å². The molecule has 0 aromatic carbocycles. The summed E-state index contributed by atoms with van der Waals surface area (Å²) in [5.41, 5.74) is 3.36. The van der Waals surface area contributed by atoms with Crippen LogP contribution in [0.5, 0.6) is 0 Å². The highest BCUT2D eigenvalue weighted by Crippen LogP contribution is 2.32. The van der Waals surface area contributed by atoms with E-state index in [2.05, 4.69) is 31.7 Å². The van der Waals surface area contributed by atoms with Crippen LogP contribution < -0.4 is 0 Å². The highest BCUT2D eigenvalue weighted by Gasteiger charge is 2.39. The van der Waals surface area contributed by atoms with Gasteiger partial charge in [0.15, 0.2) is 0 Å². The second kappa shape index (κ2) is 7.58. The lowest BCUT2D eigenvalue weighted by molar-refractivity contribution is -0.141. The predicted molar refractivity (Wildman–Crippen MR) is 99.4 cm³/mol. The molecule has 4 rings (SSSR count). The van der Waals surface area contributed by atoms with Crippen molar-refractivity contribution in [2.75, 3.05) is 19.6 Å². The lowest BCUT2D eigenvalue weighted by atomic mass is 9.83. The first-order valence-corrected chi connectivity index (χ1v) is 9.61. The average Bonchev–Trinajstić information content (AvgIpc) is 3.06. The van der Waals surface area contributed by atoms with Crippen LogP contribution in [0.1, 0.15) is 36.3 Å². The molecule has 2 aromatic rings. The highest BCUT2D eigenvalue weighted by molar-refractivity contribution is 5.77. The molecule has 138 valence electrons. The number of hydrogen-bond acceptors (Lipinski definition) is 4. The maximum absolute atomic E-state index is 12.5. The minimum Gasteiger partial charge on any atom is -0.348 e. The van der Waals surface area contributed by atoms with Gasteiger partial charge in [-0.15, -0.1) is 0 Å². The summed E-state index contributed by atoms with van der Waals surface area (Å²) in [6.45, 7) is 5.86. The summed E-state index contributed by atoms with van der Waals surface area (Å²) in [6, 6.07) is 6.37. The fraction of sp³-hybridized carbons (Fsp3) is 0.550. The summed E-state index contributed by atoms with van der Waals surface area (Å²) in [6.07, 6.45) is 7.19. The Balaban J connectivity index is 1.38. The molecule has 0 aliphatic carbocycles. The Kier molecular flexibility index (Phi) is 5.02. The fourth-order valence-electron chi connectivity index (χ4n) is 4.40. The third kappa shape index (κ3) is 3.65. The number of imidazole rings is 1. The molecule has 26 heavy (non-hydrogen) atoms. The van der Waals surface area contributed by atoms with Crippen LogP contribution in [0.2, 0.25) is 0 Å². The van der Waals surface area contributed by atoms with Crippen LogP contribution in [0.4, 0.5) is 0 Å². The maximum atomic E-state index is 12.5. The summed E-state index contributed by atoms with van der Waals surface area (Å²) >= 11 is 0. The van der Waals surface area contributed by atoms with Crippen molar-refractivity contribution in [1.29, 1.82) is 0 Å². The third-order valence-corrected chi connectivity index (χ3v) is 5.87. The van der Waals surface area contributed by atoms with Crippen molar-refractivity contribution in [3.05, 3.63) is 47.8 Å². The van der Waals surface area contributed by atoms with E-state index in [0.29, 0.717) is 24.3 Å². The Bertz CT molecular complexity index is 744. The maximum Gasteiger partial charge on any atom is 0.222 e. The van der Waals surface area contributed by atoms with Crippen molar-refractivity contribution in [1.82, 2.24) is 24.8 Å². The number of aryl methyl sites for hydroxylation is 1. The van der Waals surface area contributed by atoms with Crippen molar-refractivity contribution >= 4 is 5.91 Å². The van der Waals surface area contributed by atoms with Gasteiger partial charge in [0, 0.05) is 62.6 Å². The second-order valence-electron chi connectivity index (χ2n) is 7.52. The Labute approximate surface area is 154 Å². The zero-order chi connectivity index (χ0) is 17.9. The quantitative estimate of drug-likeness (QED) is 0.895. The summed E-state index contributed by atoms with van der Waals surface area (Å²) in [5.74, 6) is 0.892. The third-order valence-electron chi connectivity index (χ3n) is 5.87. The summed E-state index contributed by atoms with van der Waals surface area (Å²) < 4.78 is 0. The van der Waals surface area contributed by atoms with Gasteiger partial charge in [0.05, 0.1) is 12.0 Å². The number of likely N-dealkylation sites (tertiary alicyclic amines) is 2. The van der Waals surface area contributed by atoms with Crippen LogP contribution in [0, 0.1) is 12.8 Å². The van der Waals surface area contributed by atoms with Gasteiger partial charge < -0.3 is 9.88 Å². The molecule has 1 N–H and O–H groups in total. The number of hydrogen-bond donors (Lipinski definition) is 1. The zero-order valence-corrected chi connectivity index (χ0v) is 15.4. The molecule has 2 saturated heterocycles. The first kappa shape index (κ1) is 17.2. The standard InChI is InChI=1S/C20H27N5O/c1-15-18(23-14-22-15)13-24-10-8-19-16(12-24)5-6-20(26)25(19)11-7-17-4-2-3-9-21-17/h2-4,9,14,16,19H,5-8,10-13H2,1H3,(H,22,23)/t16-,19+/m0/s1. The van der Waals surface area contributed by atoms with E-state index >= 15 is 0 Å². The number of nitrogens with zero attached hydrogens (tertiary/aromatic N) is 4. The lowest BCUT2D eigenvalue weighted by Gasteiger charge is -2.47. The van der Waals surface area contributed by atoms with Gasteiger partial charge in [-0.2, -0.15) is 0 Å². The first-order valence-electron chi connectivity index (χ1n) is 9.61. The number of rotatable bonds is 5. The van der Waals surface area contributed by atoms with Crippen LogP contribution in [-0.2, 0) is 17.8 Å². The van der Waals surface area contributed by atoms with Crippen molar-refractivity contribution in [2.24, 2.45) is 5.92 Å². The molecule has 2 aliphatic rings. The van der Waals surface area contributed by atoms with Gasteiger partial charge in [0.2, 0.25) is 5.91 Å². The number of carbonyl (C=O) groups excluding carboxylic acids is 1. The molecule has 2 aliphatic heterocycles. The topological polar surface area (TPSA) is 65.1 Å². The Morgan fingerprint density at radius 1 is 1.27 bits per heavy atom. The molecule has 0 saturated carbocycles. The number of aromatic nitrogens is 3. The summed E-state index contributed by atoms with van der Waals surface area (Å²) in [7, 11) is 0. The zero-order valence-electron chi connectivity index (χ0n) is 15.4. The number of carbonyl (C=O) groups is 1. The van der Waals surface area contributed by atoms with Crippen molar-refractivity contribution in [3.8, 4) is 0 Å². The molecule has 4 heterocycles. The van der Waals surface area contributed by atoms with E-state index in [9.17, 15) is 4.79 Å². The molecule has 6 nitrogen and oxygen atoms in total. The largest absolute Gasteiger partial charge is 0.348 e. The number of pyridine rings is 1. The van der Waals surface area contributed by atoms with Gasteiger partial charge in [-0.3, -0.25) is 14.7 Å². The molecule has 1 amide bonds. The minimum absolute atomic E-state index is 0.318. The van der Waals surface area contributed by atoms with Crippen LogP contribution in [0.15, 0.2) is 30.7 Å². The number of amides is 1. The molecular formula is C20H27N5O. The molecule has 6 heteroatoms. The Morgan fingerprint density at radius 3 is 2.96 bits per heavy atom.